The van der Waals surface area contributed by atoms with Crippen molar-refractivity contribution in [2.45, 2.75) is 43.8 Å². The average molecular weight is 391 g/mol. The number of anilines is 1. The van der Waals surface area contributed by atoms with Crippen LogP contribution >= 0.6 is 11.8 Å². The molecule has 0 atom stereocenters. The highest BCUT2D eigenvalue weighted by atomic mass is 32.2. The molecule has 1 heterocycles. The standard InChI is InChI=1S/C20H30N4O2S/c1-2-21-19(22-14-18(26)23-16-6-8-17(25)9-7-16)24-12-13-27-20(15-24)10-4-3-5-11-20/h6-9,25H,2-5,10-15H2,1H3,(H,21,22)(H,23,26). The monoisotopic (exact) mass is 390 g/mol. The number of amides is 1. The Hall–Kier alpha value is -1.89. The highest BCUT2D eigenvalue weighted by molar-refractivity contribution is 8.00. The summed E-state index contributed by atoms with van der Waals surface area (Å²) in [5.41, 5.74) is 0.661. The van der Waals surface area contributed by atoms with Crippen molar-refractivity contribution in [2.75, 3.05) is 37.2 Å². The Morgan fingerprint density at radius 2 is 2.00 bits per heavy atom. The van der Waals surface area contributed by atoms with E-state index in [2.05, 4.69) is 39.2 Å². The van der Waals surface area contributed by atoms with E-state index in [0.29, 0.717) is 10.4 Å². The smallest absolute Gasteiger partial charge is 0.246 e. The number of rotatable bonds is 4. The van der Waals surface area contributed by atoms with Crippen LogP contribution in [-0.4, -0.2) is 58.6 Å². The van der Waals surface area contributed by atoms with Crippen LogP contribution in [0.2, 0.25) is 0 Å². The lowest BCUT2D eigenvalue weighted by molar-refractivity contribution is -0.114. The molecule has 1 aromatic rings. The van der Waals surface area contributed by atoms with Crippen molar-refractivity contribution < 1.29 is 9.90 Å². The first-order valence-electron chi connectivity index (χ1n) is 9.86. The average Bonchev–Trinajstić information content (AvgIpc) is 2.67. The van der Waals surface area contributed by atoms with E-state index in [9.17, 15) is 9.90 Å². The van der Waals surface area contributed by atoms with E-state index in [1.165, 1.54) is 32.1 Å². The Morgan fingerprint density at radius 3 is 2.70 bits per heavy atom. The highest BCUT2D eigenvalue weighted by Crippen LogP contribution is 2.42. The Bertz CT molecular complexity index is 651. The number of nitrogens with zero attached hydrogens (tertiary/aromatic N) is 2. The highest BCUT2D eigenvalue weighted by Gasteiger charge is 2.38. The second-order valence-electron chi connectivity index (χ2n) is 7.28. The molecule has 2 aliphatic rings. The summed E-state index contributed by atoms with van der Waals surface area (Å²) in [7, 11) is 0. The first-order chi connectivity index (χ1) is 13.1. The van der Waals surface area contributed by atoms with E-state index in [-0.39, 0.29) is 18.2 Å². The van der Waals surface area contributed by atoms with Crippen LogP contribution in [0.5, 0.6) is 5.75 Å². The number of hydrogen-bond donors (Lipinski definition) is 3. The van der Waals surface area contributed by atoms with E-state index < -0.39 is 0 Å². The van der Waals surface area contributed by atoms with Crippen molar-refractivity contribution in [3.8, 4) is 5.75 Å². The van der Waals surface area contributed by atoms with Crippen molar-refractivity contribution in [1.29, 1.82) is 0 Å². The molecule has 0 unspecified atom stereocenters. The quantitative estimate of drug-likeness (QED) is 0.418. The molecule has 1 aliphatic heterocycles. The fourth-order valence-electron chi connectivity index (χ4n) is 3.84. The van der Waals surface area contributed by atoms with Gasteiger partial charge >= 0.3 is 0 Å². The van der Waals surface area contributed by atoms with Crippen molar-refractivity contribution in [3.05, 3.63) is 24.3 Å². The number of hydrogen-bond acceptors (Lipinski definition) is 4. The Morgan fingerprint density at radius 1 is 1.26 bits per heavy atom. The van der Waals surface area contributed by atoms with E-state index in [1.54, 1.807) is 24.3 Å². The second kappa shape index (κ2) is 9.35. The van der Waals surface area contributed by atoms with Crippen molar-refractivity contribution in [2.24, 2.45) is 4.99 Å². The van der Waals surface area contributed by atoms with E-state index >= 15 is 0 Å². The summed E-state index contributed by atoms with van der Waals surface area (Å²) in [6, 6.07) is 6.46. The van der Waals surface area contributed by atoms with Crippen LogP contribution in [0.3, 0.4) is 0 Å². The predicted octanol–water partition coefficient (Wildman–Crippen LogP) is 3.05. The first-order valence-corrected chi connectivity index (χ1v) is 10.8. The molecule has 1 aliphatic carbocycles. The fraction of sp³-hybridized carbons (Fsp3) is 0.600. The molecule has 1 aromatic carbocycles. The molecule has 3 rings (SSSR count). The SMILES string of the molecule is CCNC(=NCC(=O)Nc1ccc(O)cc1)N1CCSC2(CCCCC2)C1. The fourth-order valence-corrected chi connectivity index (χ4v) is 5.41. The molecular weight excluding hydrogens is 360 g/mol. The maximum absolute atomic E-state index is 12.3. The van der Waals surface area contributed by atoms with Gasteiger partial charge in [-0.25, -0.2) is 4.99 Å². The summed E-state index contributed by atoms with van der Waals surface area (Å²) in [5.74, 6) is 1.97. The van der Waals surface area contributed by atoms with Gasteiger partial charge in [0.2, 0.25) is 5.91 Å². The van der Waals surface area contributed by atoms with Gasteiger partial charge in [-0.3, -0.25) is 4.79 Å². The van der Waals surface area contributed by atoms with Gasteiger partial charge in [0.15, 0.2) is 5.96 Å². The molecule has 0 aromatic heterocycles. The van der Waals surface area contributed by atoms with E-state index in [0.717, 1.165) is 31.3 Å². The van der Waals surface area contributed by atoms with Crippen LogP contribution < -0.4 is 10.6 Å². The lowest BCUT2D eigenvalue weighted by atomic mass is 9.87. The minimum Gasteiger partial charge on any atom is -0.508 e. The largest absolute Gasteiger partial charge is 0.508 e. The third kappa shape index (κ3) is 5.54. The normalized spacial score (nSPS) is 19.7. The zero-order valence-corrected chi connectivity index (χ0v) is 16.9. The van der Waals surface area contributed by atoms with Gasteiger partial charge in [0.05, 0.1) is 0 Å². The predicted molar refractivity (Wildman–Crippen MR) is 113 cm³/mol. The molecule has 0 radical (unpaired) electrons. The van der Waals surface area contributed by atoms with E-state index in [4.69, 9.17) is 0 Å². The molecule has 3 N–H and O–H groups in total. The Labute approximate surface area is 165 Å². The molecule has 1 saturated carbocycles. The van der Waals surface area contributed by atoms with Crippen molar-refractivity contribution in [1.82, 2.24) is 10.2 Å². The van der Waals surface area contributed by atoms with Crippen LogP contribution in [0.15, 0.2) is 29.3 Å². The molecule has 6 nitrogen and oxygen atoms in total. The molecule has 1 amide bonds. The number of aliphatic imine (C=N–C) groups is 1. The minimum absolute atomic E-state index is 0.0832. The number of carbonyl (C=O) groups excluding carboxylic acids is 1. The number of phenols is 1. The summed E-state index contributed by atoms with van der Waals surface area (Å²) in [6.45, 7) is 4.91. The number of benzene rings is 1. The molecule has 7 heteroatoms. The number of carbonyl (C=O) groups is 1. The molecule has 1 spiro atoms. The van der Waals surface area contributed by atoms with Crippen molar-refractivity contribution in [3.63, 3.8) is 0 Å². The van der Waals surface area contributed by atoms with Crippen LogP contribution in [0.25, 0.3) is 0 Å². The lowest BCUT2D eigenvalue weighted by Crippen LogP contribution is -2.53. The lowest BCUT2D eigenvalue weighted by Gasteiger charge is -2.45. The number of aromatic hydroxyl groups is 1. The molecule has 27 heavy (non-hydrogen) atoms. The number of nitrogens with one attached hydrogen (secondary N) is 2. The third-order valence-electron chi connectivity index (χ3n) is 5.17. The molecule has 1 saturated heterocycles. The van der Waals surface area contributed by atoms with Gasteiger partial charge in [0.25, 0.3) is 0 Å². The zero-order valence-electron chi connectivity index (χ0n) is 16.0. The molecule has 0 bridgehead atoms. The van der Waals surface area contributed by atoms with Crippen LogP contribution in [-0.2, 0) is 4.79 Å². The van der Waals surface area contributed by atoms with E-state index in [1.807, 2.05) is 0 Å². The van der Waals surface area contributed by atoms with Gasteiger partial charge in [0.1, 0.15) is 12.3 Å². The summed E-state index contributed by atoms with van der Waals surface area (Å²) in [5, 5.41) is 15.5. The molecular formula is C20H30N4O2S. The van der Waals surface area contributed by atoms with Crippen LogP contribution in [0, 0.1) is 0 Å². The zero-order chi connectivity index (χ0) is 19.1. The van der Waals surface area contributed by atoms with Crippen molar-refractivity contribution >= 4 is 29.3 Å². The first kappa shape index (κ1) is 19.9. The van der Waals surface area contributed by atoms with Gasteiger partial charge in [-0.15, -0.1) is 0 Å². The van der Waals surface area contributed by atoms with Gasteiger partial charge in [0, 0.05) is 35.8 Å². The summed E-state index contributed by atoms with van der Waals surface area (Å²) >= 11 is 2.13. The summed E-state index contributed by atoms with van der Waals surface area (Å²) < 4.78 is 0.362. The molecule has 148 valence electrons. The van der Waals surface area contributed by atoms with Gasteiger partial charge in [-0.2, -0.15) is 11.8 Å². The topological polar surface area (TPSA) is 77.0 Å². The van der Waals surface area contributed by atoms with Crippen LogP contribution in [0.4, 0.5) is 5.69 Å². The minimum atomic E-state index is -0.158. The number of guanidine groups is 1. The Balaban J connectivity index is 1.61. The summed E-state index contributed by atoms with van der Waals surface area (Å²) in [6.07, 6.45) is 6.57. The maximum atomic E-state index is 12.3. The van der Waals surface area contributed by atoms with Gasteiger partial charge in [-0.1, -0.05) is 19.3 Å². The Kier molecular flexibility index (Phi) is 6.88. The third-order valence-corrected chi connectivity index (χ3v) is 6.71. The maximum Gasteiger partial charge on any atom is 0.246 e. The molecule has 2 fully saturated rings. The number of phenolic OH excluding ortho intramolecular Hbond substituents is 1. The summed E-state index contributed by atoms with van der Waals surface area (Å²) in [4.78, 5) is 19.2. The number of thioether (sulfide) groups is 1. The second-order valence-corrected chi connectivity index (χ2v) is 8.84. The van der Waals surface area contributed by atoms with Gasteiger partial charge in [-0.05, 0) is 44.0 Å². The van der Waals surface area contributed by atoms with Gasteiger partial charge < -0.3 is 20.6 Å². The van der Waals surface area contributed by atoms with Crippen LogP contribution in [0.1, 0.15) is 39.0 Å².